The molecule has 0 spiro atoms. The largest absolute Gasteiger partial charge is 0.463 e. The first-order chi connectivity index (χ1) is 29.9. The molecule has 4 N–H and O–H groups in total. The van der Waals surface area contributed by atoms with Crippen LogP contribution in [0.15, 0.2) is 0 Å². The van der Waals surface area contributed by atoms with E-state index >= 15 is 0 Å². The molecule has 0 aromatic rings. The van der Waals surface area contributed by atoms with Crippen molar-refractivity contribution >= 4 is 59.5 Å². The number of esters is 7. The number of nitrogens with one attached hydrogen (secondary N) is 3. The number of rotatable bonds is 17. The zero-order chi connectivity index (χ0) is 48.2. The third kappa shape index (κ3) is 15.6. The van der Waals surface area contributed by atoms with Crippen molar-refractivity contribution in [3.05, 3.63) is 0 Å². The maximum Gasteiger partial charge on any atom is 0.303 e. The molecule has 3 saturated heterocycles. The Kier molecular flexibility index (Phi) is 19.8. The van der Waals surface area contributed by atoms with Crippen molar-refractivity contribution in [2.24, 2.45) is 0 Å². The van der Waals surface area contributed by atoms with Gasteiger partial charge in [-0.2, -0.15) is 0 Å². The minimum absolute atomic E-state index is 0.636. The Hall–Kier alpha value is -5.54. The first kappa shape index (κ1) is 52.8. The molecule has 0 saturated carbocycles. The van der Waals surface area contributed by atoms with Crippen LogP contribution in [0.1, 0.15) is 69.2 Å². The van der Waals surface area contributed by atoms with Crippen molar-refractivity contribution < 1.29 is 110 Å². The van der Waals surface area contributed by atoms with Gasteiger partial charge in [0, 0.05) is 69.2 Å². The fourth-order valence-corrected chi connectivity index (χ4v) is 7.09. The lowest BCUT2D eigenvalue weighted by Gasteiger charge is -2.51. The van der Waals surface area contributed by atoms with E-state index in [1.54, 1.807) is 0 Å². The topological polar surface area (TPSA) is 338 Å². The second-order valence-corrected chi connectivity index (χ2v) is 14.7. The number of hydrogen-bond donors (Lipinski definition) is 4. The monoisotopic (exact) mass is 921 g/mol. The number of carbonyl (C=O) groups is 10. The highest BCUT2D eigenvalue weighted by Gasteiger charge is 2.58. The van der Waals surface area contributed by atoms with Crippen LogP contribution in [-0.4, -0.2) is 176 Å². The van der Waals surface area contributed by atoms with Crippen LogP contribution in [0, 0.1) is 0 Å². The van der Waals surface area contributed by atoms with E-state index in [2.05, 4.69) is 16.0 Å². The Labute approximate surface area is 366 Å². The van der Waals surface area contributed by atoms with Crippen molar-refractivity contribution in [3.8, 4) is 0 Å². The molecule has 26 nitrogen and oxygen atoms in total. The normalized spacial score (nSPS) is 32.3. The third-order valence-corrected chi connectivity index (χ3v) is 9.21. The maximum absolute atomic E-state index is 12.9. The minimum atomic E-state index is -1.89. The van der Waals surface area contributed by atoms with Crippen LogP contribution in [-0.2, 0) is 105 Å². The van der Waals surface area contributed by atoms with Gasteiger partial charge >= 0.3 is 41.8 Å². The van der Waals surface area contributed by atoms with Gasteiger partial charge in [0.15, 0.2) is 43.3 Å². The number of amides is 3. The summed E-state index contributed by atoms with van der Waals surface area (Å²) in [5.74, 6) is -8.48. The predicted molar refractivity (Wildman–Crippen MR) is 203 cm³/mol. The molecule has 15 atom stereocenters. The van der Waals surface area contributed by atoms with Gasteiger partial charge in [-0.15, -0.1) is 0 Å². The average molecular weight is 922 g/mol. The Morgan fingerprint density at radius 3 is 1.00 bits per heavy atom. The van der Waals surface area contributed by atoms with Crippen LogP contribution >= 0.6 is 0 Å². The summed E-state index contributed by atoms with van der Waals surface area (Å²) in [6.07, 6.45) is -20.2. The van der Waals surface area contributed by atoms with Crippen molar-refractivity contribution in [3.63, 3.8) is 0 Å². The summed E-state index contributed by atoms with van der Waals surface area (Å²) in [6, 6.07) is -4.78. The van der Waals surface area contributed by atoms with Gasteiger partial charge in [0.2, 0.25) is 17.7 Å². The fraction of sp³-hybridized carbons (Fsp3) is 0.737. The van der Waals surface area contributed by atoms with Gasteiger partial charge in [-0.3, -0.25) is 47.9 Å². The van der Waals surface area contributed by atoms with Gasteiger partial charge in [-0.25, -0.2) is 0 Å². The molecule has 0 aromatic carbocycles. The summed E-state index contributed by atoms with van der Waals surface area (Å²) in [4.78, 5) is 124. The SMILES string of the molecule is CC(=O)N[C@@H]1[C@@H](OC(C)=O)[C@H](O[C@@H]2O[C@H](COC(C)=O)[C@@H](O[C@@H]3O[C@H](COC(C)=O)[C@@H](OC(C)=O)[C@H](OC(C)=O)[C@H]3NC(C)=O)[C@H](OC(C)=O)[C@H]2NC(C)=O)[C@@H](COC(C)=O)O[C@H]1O. The van der Waals surface area contributed by atoms with Crippen LogP contribution in [0.5, 0.6) is 0 Å². The zero-order valence-electron chi connectivity index (χ0n) is 36.7. The number of hydrogen-bond acceptors (Lipinski definition) is 23. The molecule has 3 rings (SSSR count). The maximum atomic E-state index is 12.9. The molecule has 0 aliphatic carbocycles. The summed E-state index contributed by atoms with van der Waals surface area (Å²) in [6.45, 7) is 8.44. The number of aliphatic hydroxyl groups is 1. The summed E-state index contributed by atoms with van der Waals surface area (Å²) in [7, 11) is 0. The Balaban J connectivity index is 2.28. The third-order valence-electron chi connectivity index (χ3n) is 9.21. The number of carbonyl (C=O) groups excluding carboxylic acids is 10. The van der Waals surface area contributed by atoms with Gasteiger partial charge in [-0.05, 0) is 0 Å². The highest BCUT2D eigenvalue weighted by molar-refractivity contribution is 5.75. The first-order valence-electron chi connectivity index (χ1n) is 19.7. The molecule has 3 fully saturated rings. The van der Waals surface area contributed by atoms with Crippen LogP contribution in [0.25, 0.3) is 0 Å². The van der Waals surface area contributed by atoms with Gasteiger partial charge < -0.3 is 77.9 Å². The quantitative estimate of drug-likeness (QED) is 0.0827. The van der Waals surface area contributed by atoms with Gasteiger partial charge in [0.1, 0.15) is 68.5 Å². The summed E-state index contributed by atoms with van der Waals surface area (Å²) < 4.78 is 68.9. The van der Waals surface area contributed by atoms with Crippen LogP contribution in [0.2, 0.25) is 0 Å². The van der Waals surface area contributed by atoms with Crippen molar-refractivity contribution in [1.82, 2.24) is 16.0 Å². The van der Waals surface area contributed by atoms with Gasteiger partial charge in [0.25, 0.3) is 0 Å². The van der Waals surface area contributed by atoms with Crippen molar-refractivity contribution in [2.45, 2.75) is 161 Å². The number of aliphatic hydroxyl groups excluding tert-OH is 1. The van der Waals surface area contributed by atoms with E-state index in [0.717, 1.165) is 69.2 Å². The van der Waals surface area contributed by atoms with Crippen LogP contribution in [0.3, 0.4) is 0 Å². The fourth-order valence-electron chi connectivity index (χ4n) is 7.09. The Morgan fingerprint density at radius 1 is 0.391 bits per heavy atom. The molecule has 3 aliphatic rings. The van der Waals surface area contributed by atoms with Crippen molar-refractivity contribution in [1.29, 1.82) is 0 Å². The van der Waals surface area contributed by atoms with Gasteiger partial charge in [-0.1, -0.05) is 0 Å². The standard InChI is InChI=1S/C38H55N3O23/c1-14(42)39-27-33(57-21(8)49)31(24(60-36(27)52)11-53-17(4)45)63-38-29(41-16(3)44)35(59-23(10)51)32(26(62-38)13-55-19(6)47)64-37-28(40-15(2)43)34(58-22(9)50)30(56-20(7)48)25(61-37)12-54-18(5)46/h24-38,52H,11-13H2,1-10H3,(H,39,42)(H,40,43)(H,41,44)/t24-,25-,26-,27-,28-,29-,30-,31-,32-,33-,34-,35-,36-,37+,38+/m1/s1. The molecule has 0 bridgehead atoms. The zero-order valence-corrected chi connectivity index (χ0v) is 36.7. The van der Waals surface area contributed by atoms with E-state index < -0.39 is 171 Å². The van der Waals surface area contributed by atoms with E-state index in [9.17, 15) is 53.1 Å². The first-order valence-corrected chi connectivity index (χ1v) is 19.7. The van der Waals surface area contributed by atoms with E-state index in [4.69, 9.17) is 56.8 Å². The van der Waals surface area contributed by atoms with Crippen LogP contribution in [0.4, 0.5) is 0 Å². The molecule has 26 heteroatoms. The molecule has 3 heterocycles. The number of ether oxygens (including phenoxy) is 12. The molecule has 64 heavy (non-hydrogen) atoms. The highest BCUT2D eigenvalue weighted by atomic mass is 16.8. The molecule has 3 amide bonds. The smallest absolute Gasteiger partial charge is 0.303 e. The van der Waals surface area contributed by atoms with E-state index in [1.807, 2.05) is 0 Å². The lowest BCUT2D eigenvalue weighted by atomic mass is 9.93. The molecule has 0 unspecified atom stereocenters. The molecule has 360 valence electrons. The predicted octanol–water partition coefficient (Wildman–Crippen LogP) is -3.15. The van der Waals surface area contributed by atoms with E-state index in [0.29, 0.717) is 0 Å². The summed E-state index contributed by atoms with van der Waals surface area (Å²) >= 11 is 0. The highest BCUT2D eigenvalue weighted by Crippen LogP contribution is 2.36. The van der Waals surface area contributed by atoms with E-state index in [1.165, 1.54) is 0 Å². The molecular formula is C38H55N3O23. The molecule has 0 aromatic heterocycles. The molecule has 0 radical (unpaired) electrons. The molecular weight excluding hydrogens is 866 g/mol. The minimum Gasteiger partial charge on any atom is -0.463 e. The molecule has 3 aliphatic heterocycles. The average Bonchev–Trinajstić information content (AvgIpc) is 3.15. The van der Waals surface area contributed by atoms with E-state index in [-0.39, 0.29) is 0 Å². The van der Waals surface area contributed by atoms with Gasteiger partial charge in [0.05, 0.1) is 0 Å². The second kappa shape index (κ2) is 23.9. The Bertz CT molecular complexity index is 1740. The lowest BCUT2D eigenvalue weighted by Crippen LogP contribution is -2.72. The Morgan fingerprint density at radius 2 is 0.672 bits per heavy atom. The van der Waals surface area contributed by atoms with Crippen molar-refractivity contribution in [2.75, 3.05) is 19.8 Å². The van der Waals surface area contributed by atoms with Crippen LogP contribution < -0.4 is 16.0 Å². The summed E-state index contributed by atoms with van der Waals surface area (Å²) in [5.41, 5.74) is 0. The second-order valence-electron chi connectivity index (χ2n) is 14.7. The summed E-state index contributed by atoms with van der Waals surface area (Å²) in [5, 5.41) is 18.4. The lowest BCUT2D eigenvalue weighted by molar-refractivity contribution is -0.352.